The molecule has 0 radical (unpaired) electrons. The molecule has 5 nitrogen and oxygen atoms in total. The minimum absolute atomic E-state index is 0.115. The Bertz CT molecular complexity index is 774. The summed E-state index contributed by atoms with van der Waals surface area (Å²) in [6, 6.07) is 7.22. The van der Waals surface area contributed by atoms with E-state index in [-0.39, 0.29) is 11.8 Å². The van der Waals surface area contributed by atoms with Gasteiger partial charge in [0.05, 0.1) is 0 Å². The average Bonchev–Trinajstić information content (AvgIpc) is 2.68. The van der Waals surface area contributed by atoms with Crippen molar-refractivity contribution in [3.8, 4) is 0 Å². The number of anilines is 3. The second-order valence-electron chi connectivity index (χ2n) is 7.09. The van der Waals surface area contributed by atoms with E-state index < -0.39 is 11.7 Å². The van der Waals surface area contributed by atoms with Gasteiger partial charge in [0.2, 0.25) is 5.95 Å². The van der Waals surface area contributed by atoms with E-state index in [1.165, 1.54) is 0 Å². The van der Waals surface area contributed by atoms with Crippen molar-refractivity contribution in [3.63, 3.8) is 0 Å². The molecule has 2 aromatic rings. The number of aromatic nitrogens is 2. The molecule has 1 saturated carbocycles. The molecule has 1 aliphatic rings. The number of nitrogens with zero attached hydrogens (tertiary/aromatic N) is 2. The fraction of sp³-hybridized carbons (Fsp3) is 0.474. The summed E-state index contributed by atoms with van der Waals surface area (Å²) < 4.78 is 41.0. The fourth-order valence-electron chi connectivity index (χ4n) is 3.36. The van der Waals surface area contributed by atoms with Crippen molar-refractivity contribution >= 4 is 33.4 Å². The summed E-state index contributed by atoms with van der Waals surface area (Å²) in [5.74, 6) is 0.775. The number of alkyl halides is 3. The lowest BCUT2D eigenvalue weighted by Crippen LogP contribution is -2.26. The Morgan fingerprint density at radius 2 is 1.71 bits per heavy atom. The van der Waals surface area contributed by atoms with E-state index in [0.29, 0.717) is 30.6 Å². The number of benzene rings is 1. The molecular formula is C19H23BrF3N5. The maximum absolute atomic E-state index is 13.4. The molecule has 0 atom stereocenters. The molecule has 0 saturated heterocycles. The van der Waals surface area contributed by atoms with Crippen LogP contribution in [-0.4, -0.2) is 23.1 Å². The van der Waals surface area contributed by atoms with Crippen LogP contribution in [0.2, 0.25) is 0 Å². The monoisotopic (exact) mass is 457 g/mol. The van der Waals surface area contributed by atoms with Gasteiger partial charge in [-0.05, 0) is 68.3 Å². The summed E-state index contributed by atoms with van der Waals surface area (Å²) >= 11 is 3.34. The van der Waals surface area contributed by atoms with Crippen LogP contribution in [-0.2, 0) is 6.18 Å². The van der Waals surface area contributed by atoms with Gasteiger partial charge < -0.3 is 16.4 Å². The highest BCUT2D eigenvalue weighted by Crippen LogP contribution is 2.35. The maximum Gasteiger partial charge on any atom is 0.421 e. The summed E-state index contributed by atoms with van der Waals surface area (Å²) in [7, 11) is 0. The van der Waals surface area contributed by atoms with Crippen LogP contribution in [0.1, 0.15) is 31.2 Å². The Hall–Kier alpha value is -1.87. The Morgan fingerprint density at radius 1 is 1.07 bits per heavy atom. The normalized spacial score (nSPS) is 20.0. The largest absolute Gasteiger partial charge is 0.421 e. The average molecular weight is 458 g/mol. The molecule has 0 amide bonds. The topological polar surface area (TPSA) is 75.9 Å². The minimum atomic E-state index is -4.52. The van der Waals surface area contributed by atoms with E-state index in [9.17, 15) is 13.2 Å². The van der Waals surface area contributed by atoms with Crippen LogP contribution in [0.25, 0.3) is 0 Å². The van der Waals surface area contributed by atoms with Crippen LogP contribution < -0.4 is 16.4 Å². The highest BCUT2D eigenvalue weighted by atomic mass is 79.9. The molecule has 1 fully saturated rings. The standard InChI is InChI=1S/C19H23BrF3N5/c20-14-5-7-15(8-6-14)27-18-26-11-16(19(21,22)23)17(28-18)25-10-13-3-1-12(9-24)2-4-13/h5-8,11-13H,1-4,9-10,24H2,(H2,25,26,27,28). The lowest BCUT2D eigenvalue weighted by Gasteiger charge is -2.28. The zero-order chi connectivity index (χ0) is 20.1. The first-order valence-corrected chi connectivity index (χ1v) is 10.0. The molecule has 0 unspecified atom stereocenters. The summed E-state index contributed by atoms with van der Waals surface area (Å²) in [5.41, 5.74) is 5.53. The number of nitrogens with one attached hydrogen (secondary N) is 2. The van der Waals surface area contributed by atoms with Crippen molar-refractivity contribution in [2.45, 2.75) is 31.9 Å². The van der Waals surface area contributed by atoms with Crippen molar-refractivity contribution in [1.82, 2.24) is 9.97 Å². The number of hydrogen-bond acceptors (Lipinski definition) is 5. The smallest absolute Gasteiger partial charge is 0.369 e. The van der Waals surface area contributed by atoms with Gasteiger partial charge in [0.1, 0.15) is 11.4 Å². The number of halogens is 4. The third-order valence-electron chi connectivity index (χ3n) is 5.05. The van der Waals surface area contributed by atoms with Crippen LogP contribution in [0.15, 0.2) is 34.9 Å². The van der Waals surface area contributed by atoms with Crippen LogP contribution in [0, 0.1) is 11.8 Å². The van der Waals surface area contributed by atoms with Gasteiger partial charge in [0.15, 0.2) is 0 Å². The summed E-state index contributed by atoms with van der Waals surface area (Å²) in [4.78, 5) is 7.92. The van der Waals surface area contributed by atoms with Gasteiger partial charge in [-0.15, -0.1) is 0 Å². The van der Waals surface area contributed by atoms with Gasteiger partial charge >= 0.3 is 6.18 Å². The molecule has 0 spiro atoms. The van der Waals surface area contributed by atoms with E-state index in [1.54, 1.807) is 12.1 Å². The van der Waals surface area contributed by atoms with Crippen molar-refractivity contribution in [2.75, 3.05) is 23.7 Å². The zero-order valence-electron chi connectivity index (χ0n) is 15.3. The third kappa shape index (κ3) is 5.57. The van der Waals surface area contributed by atoms with E-state index in [0.717, 1.165) is 36.4 Å². The summed E-state index contributed by atoms with van der Waals surface area (Å²) in [5, 5.41) is 5.85. The van der Waals surface area contributed by atoms with E-state index in [4.69, 9.17) is 5.73 Å². The molecule has 1 aromatic heterocycles. The number of rotatable bonds is 6. The van der Waals surface area contributed by atoms with Gasteiger partial charge in [-0.2, -0.15) is 18.2 Å². The molecular weight excluding hydrogens is 435 g/mol. The Morgan fingerprint density at radius 3 is 2.32 bits per heavy atom. The molecule has 1 aromatic carbocycles. The van der Waals surface area contributed by atoms with Crippen molar-refractivity contribution in [1.29, 1.82) is 0 Å². The Balaban J connectivity index is 1.72. The molecule has 4 N–H and O–H groups in total. The van der Waals surface area contributed by atoms with E-state index in [1.807, 2.05) is 12.1 Å². The molecule has 1 aliphatic carbocycles. The van der Waals surface area contributed by atoms with Crippen LogP contribution in [0.4, 0.5) is 30.6 Å². The Labute approximate surface area is 170 Å². The van der Waals surface area contributed by atoms with Gasteiger partial charge in [0.25, 0.3) is 0 Å². The van der Waals surface area contributed by atoms with Gasteiger partial charge in [-0.25, -0.2) is 4.98 Å². The third-order valence-corrected chi connectivity index (χ3v) is 5.58. The first kappa shape index (κ1) is 20.9. The van der Waals surface area contributed by atoms with Crippen LogP contribution in [0.5, 0.6) is 0 Å². The number of nitrogens with two attached hydrogens (primary N) is 1. The predicted molar refractivity (Wildman–Crippen MR) is 107 cm³/mol. The lowest BCUT2D eigenvalue weighted by atomic mass is 9.82. The molecule has 1 heterocycles. The predicted octanol–water partition coefficient (Wildman–Crippen LogP) is 5.18. The van der Waals surface area contributed by atoms with E-state index in [2.05, 4.69) is 36.5 Å². The van der Waals surface area contributed by atoms with Gasteiger partial charge in [-0.1, -0.05) is 15.9 Å². The fourth-order valence-corrected chi connectivity index (χ4v) is 3.62. The SMILES string of the molecule is NCC1CCC(CNc2nc(Nc3ccc(Br)cc3)ncc2C(F)(F)F)CC1. The minimum Gasteiger partial charge on any atom is -0.369 e. The second kappa shape index (κ2) is 9.09. The molecule has 152 valence electrons. The molecule has 9 heteroatoms. The van der Waals surface area contributed by atoms with Crippen LogP contribution in [0.3, 0.4) is 0 Å². The summed E-state index contributed by atoms with van der Waals surface area (Å²) in [6.07, 6.45) is 0.276. The maximum atomic E-state index is 13.4. The highest BCUT2D eigenvalue weighted by molar-refractivity contribution is 9.10. The molecule has 0 aliphatic heterocycles. The molecule has 0 bridgehead atoms. The first-order valence-electron chi connectivity index (χ1n) is 9.26. The quantitative estimate of drug-likeness (QED) is 0.557. The summed E-state index contributed by atoms with van der Waals surface area (Å²) in [6.45, 7) is 1.13. The molecule has 28 heavy (non-hydrogen) atoms. The lowest BCUT2D eigenvalue weighted by molar-refractivity contribution is -0.137. The number of hydrogen-bond donors (Lipinski definition) is 3. The second-order valence-corrected chi connectivity index (χ2v) is 8.00. The van der Waals surface area contributed by atoms with Crippen molar-refractivity contribution < 1.29 is 13.2 Å². The van der Waals surface area contributed by atoms with E-state index >= 15 is 0 Å². The highest BCUT2D eigenvalue weighted by Gasteiger charge is 2.35. The van der Waals surface area contributed by atoms with Crippen LogP contribution >= 0.6 is 15.9 Å². The zero-order valence-corrected chi connectivity index (χ0v) is 16.9. The van der Waals surface area contributed by atoms with Crippen molar-refractivity contribution in [3.05, 3.63) is 40.5 Å². The van der Waals surface area contributed by atoms with Crippen molar-refractivity contribution in [2.24, 2.45) is 17.6 Å². The first-order chi connectivity index (χ1) is 13.3. The Kier molecular flexibility index (Phi) is 6.77. The van der Waals surface area contributed by atoms with Gasteiger partial charge in [0, 0.05) is 22.9 Å². The van der Waals surface area contributed by atoms with Gasteiger partial charge in [-0.3, -0.25) is 0 Å². The molecule has 3 rings (SSSR count).